The lowest BCUT2D eigenvalue weighted by Crippen LogP contribution is -2.22. The molecule has 0 aromatic carbocycles. The quantitative estimate of drug-likeness (QED) is 0.820. The molecule has 20 heavy (non-hydrogen) atoms. The molecular weight excluding hydrogens is 270 g/mol. The van der Waals surface area contributed by atoms with Gasteiger partial charge in [0.1, 0.15) is 0 Å². The Kier molecular flexibility index (Phi) is 4.50. The second kappa shape index (κ2) is 6.52. The Balaban J connectivity index is 1.49. The first-order valence-electron chi connectivity index (χ1n) is 7.16. The molecule has 0 unspecified atom stereocenters. The minimum Gasteiger partial charge on any atom is -0.373 e. The smallest absolute Gasteiger partial charge is 0.0946 e. The van der Waals surface area contributed by atoms with E-state index in [1.165, 1.54) is 22.6 Å². The molecule has 1 aliphatic rings. The van der Waals surface area contributed by atoms with Gasteiger partial charge in [0.05, 0.1) is 12.4 Å². The summed E-state index contributed by atoms with van der Waals surface area (Å²) in [6.45, 7) is 3.94. The van der Waals surface area contributed by atoms with Gasteiger partial charge in [-0.2, -0.15) is 0 Å². The van der Waals surface area contributed by atoms with Gasteiger partial charge < -0.3 is 9.30 Å². The summed E-state index contributed by atoms with van der Waals surface area (Å²) in [5.74, 6) is 0. The molecule has 0 radical (unpaired) electrons. The summed E-state index contributed by atoms with van der Waals surface area (Å²) in [6.07, 6.45) is 8.43. The van der Waals surface area contributed by atoms with Crippen LogP contribution in [-0.4, -0.2) is 34.7 Å². The number of imidazole rings is 1. The average Bonchev–Trinajstić information content (AvgIpc) is 3.18. The number of likely N-dealkylation sites (N-methyl/N-ethyl adjacent to an activating group) is 1. The summed E-state index contributed by atoms with van der Waals surface area (Å²) < 4.78 is 7.85. The minimum absolute atomic E-state index is 0.352. The van der Waals surface area contributed by atoms with Crippen LogP contribution in [0, 0.1) is 0 Å². The van der Waals surface area contributed by atoms with Crippen LogP contribution in [0.4, 0.5) is 0 Å². The van der Waals surface area contributed by atoms with Crippen LogP contribution in [0.3, 0.4) is 0 Å². The topological polar surface area (TPSA) is 30.3 Å². The summed E-state index contributed by atoms with van der Waals surface area (Å²) >= 11 is 1.90. The van der Waals surface area contributed by atoms with E-state index in [2.05, 4.69) is 33.6 Å². The summed E-state index contributed by atoms with van der Waals surface area (Å²) in [6, 6.07) is 4.48. The number of hydrogen-bond donors (Lipinski definition) is 0. The van der Waals surface area contributed by atoms with Gasteiger partial charge >= 0.3 is 0 Å². The molecule has 0 saturated carbocycles. The van der Waals surface area contributed by atoms with E-state index in [0.29, 0.717) is 6.10 Å². The Morgan fingerprint density at radius 3 is 3.20 bits per heavy atom. The van der Waals surface area contributed by atoms with E-state index in [-0.39, 0.29) is 0 Å². The molecule has 0 amide bonds. The molecule has 3 rings (SSSR count). The highest BCUT2D eigenvalue weighted by Gasteiger charge is 2.19. The van der Waals surface area contributed by atoms with E-state index < -0.39 is 0 Å². The first-order valence-corrected chi connectivity index (χ1v) is 7.97. The maximum Gasteiger partial charge on any atom is 0.0946 e. The van der Waals surface area contributed by atoms with Crippen molar-refractivity contribution in [1.29, 1.82) is 0 Å². The fraction of sp³-hybridized carbons (Fsp3) is 0.533. The van der Waals surface area contributed by atoms with Gasteiger partial charge in [0, 0.05) is 48.4 Å². The van der Waals surface area contributed by atoms with E-state index in [9.17, 15) is 0 Å². The predicted octanol–water partition coefficient (Wildman–Crippen LogP) is 2.93. The monoisotopic (exact) mass is 291 g/mol. The first kappa shape index (κ1) is 13.8. The zero-order chi connectivity index (χ0) is 13.8. The molecule has 4 nitrogen and oxygen atoms in total. The van der Waals surface area contributed by atoms with Crippen LogP contribution in [0.1, 0.15) is 28.7 Å². The third kappa shape index (κ3) is 3.48. The molecule has 1 atom stereocenters. The molecule has 1 fully saturated rings. The fourth-order valence-corrected chi connectivity index (χ4v) is 3.68. The maximum atomic E-state index is 5.74. The Morgan fingerprint density at radius 1 is 1.50 bits per heavy atom. The van der Waals surface area contributed by atoms with Crippen molar-refractivity contribution in [2.45, 2.75) is 32.0 Å². The molecule has 0 aliphatic carbocycles. The maximum absolute atomic E-state index is 5.74. The largest absolute Gasteiger partial charge is 0.373 e. The van der Waals surface area contributed by atoms with Crippen LogP contribution in [0.2, 0.25) is 0 Å². The molecule has 5 heteroatoms. The summed E-state index contributed by atoms with van der Waals surface area (Å²) in [5, 5.41) is 0. The van der Waals surface area contributed by atoms with Crippen molar-refractivity contribution in [2.24, 2.45) is 0 Å². The third-order valence-electron chi connectivity index (χ3n) is 3.65. The standard InChI is InChI=1S/C15H21N3OS/c1-17(8-9-18-7-6-16-12-18)11-13-4-5-15(20-13)14-3-2-10-19-14/h4-7,12,14H,2-3,8-11H2,1H3/t14-/m1/s1. The normalized spacial score (nSPS) is 19.0. The molecule has 2 aromatic heterocycles. The Morgan fingerprint density at radius 2 is 2.45 bits per heavy atom. The molecule has 3 heterocycles. The van der Waals surface area contributed by atoms with Gasteiger partial charge in [-0.25, -0.2) is 4.98 Å². The minimum atomic E-state index is 0.352. The second-order valence-corrected chi connectivity index (χ2v) is 6.54. The molecule has 1 saturated heterocycles. The second-order valence-electron chi connectivity index (χ2n) is 5.34. The zero-order valence-corrected chi connectivity index (χ0v) is 12.7. The highest BCUT2D eigenvalue weighted by Crippen LogP contribution is 2.33. The lowest BCUT2D eigenvalue weighted by Gasteiger charge is -2.15. The number of rotatable bonds is 6. The van der Waals surface area contributed by atoms with Gasteiger partial charge in [-0.1, -0.05) is 0 Å². The van der Waals surface area contributed by atoms with Crippen molar-refractivity contribution in [3.63, 3.8) is 0 Å². The number of nitrogens with zero attached hydrogens (tertiary/aromatic N) is 3. The van der Waals surface area contributed by atoms with Crippen molar-refractivity contribution >= 4 is 11.3 Å². The van der Waals surface area contributed by atoms with Crippen LogP contribution in [0.5, 0.6) is 0 Å². The van der Waals surface area contributed by atoms with Crippen molar-refractivity contribution in [2.75, 3.05) is 20.2 Å². The summed E-state index contributed by atoms with van der Waals surface area (Å²) in [4.78, 5) is 9.23. The van der Waals surface area contributed by atoms with E-state index in [1.807, 2.05) is 30.1 Å². The van der Waals surface area contributed by atoms with Crippen LogP contribution < -0.4 is 0 Å². The Hall–Kier alpha value is -1.17. The SMILES string of the molecule is CN(CCn1ccnc1)Cc1ccc([C@H]2CCCO2)s1. The molecule has 2 aromatic rings. The average molecular weight is 291 g/mol. The number of ether oxygens (including phenoxy) is 1. The van der Waals surface area contributed by atoms with E-state index >= 15 is 0 Å². The van der Waals surface area contributed by atoms with Crippen LogP contribution in [0.15, 0.2) is 30.9 Å². The zero-order valence-electron chi connectivity index (χ0n) is 11.9. The van der Waals surface area contributed by atoms with Crippen LogP contribution in [0.25, 0.3) is 0 Å². The molecule has 1 aliphatic heterocycles. The first-order chi connectivity index (χ1) is 9.81. The van der Waals surface area contributed by atoms with E-state index in [1.54, 1.807) is 0 Å². The number of thiophene rings is 1. The molecular formula is C15H21N3OS. The highest BCUT2D eigenvalue weighted by molar-refractivity contribution is 7.12. The van der Waals surface area contributed by atoms with Gasteiger partial charge in [-0.15, -0.1) is 11.3 Å². The van der Waals surface area contributed by atoms with Crippen LogP contribution >= 0.6 is 11.3 Å². The summed E-state index contributed by atoms with van der Waals surface area (Å²) in [7, 11) is 2.17. The van der Waals surface area contributed by atoms with Crippen molar-refractivity contribution in [1.82, 2.24) is 14.5 Å². The molecule has 0 N–H and O–H groups in total. The highest BCUT2D eigenvalue weighted by atomic mass is 32.1. The Labute approximate surface area is 124 Å². The van der Waals surface area contributed by atoms with Gasteiger partial charge in [0.25, 0.3) is 0 Å². The predicted molar refractivity (Wildman–Crippen MR) is 80.8 cm³/mol. The Bertz CT molecular complexity index is 517. The lowest BCUT2D eigenvalue weighted by atomic mass is 10.2. The van der Waals surface area contributed by atoms with Crippen molar-refractivity contribution in [3.05, 3.63) is 40.6 Å². The van der Waals surface area contributed by atoms with Crippen molar-refractivity contribution in [3.8, 4) is 0 Å². The van der Waals surface area contributed by atoms with Gasteiger partial charge in [0.15, 0.2) is 0 Å². The van der Waals surface area contributed by atoms with E-state index in [4.69, 9.17) is 4.74 Å². The van der Waals surface area contributed by atoms with Gasteiger partial charge in [-0.3, -0.25) is 4.90 Å². The van der Waals surface area contributed by atoms with E-state index in [0.717, 1.165) is 26.2 Å². The fourth-order valence-electron chi connectivity index (χ4n) is 2.50. The molecule has 0 spiro atoms. The van der Waals surface area contributed by atoms with Crippen LogP contribution in [-0.2, 0) is 17.8 Å². The van der Waals surface area contributed by atoms with Gasteiger partial charge in [-0.05, 0) is 32.0 Å². The lowest BCUT2D eigenvalue weighted by molar-refractivity contribution is 0.114. The molecule has 0 bridgehead atoms. The number of aromatic nitrogens is 2. The van der Waals surface area contributed by atoms with Crippen molar-refractivity contribution < 1.29 is 4.74 Å². The summed E-state index contributed by atoms with van der Waals surface area (Å²) in [5.41, 5.74) is 0. The molecule has 108 valence electrons. The number of hydrogen-bond acceptors (Lipinski definition) is 4. The third-order valence-corrected chi connectivity index (χ3v) is 4.82. The van der Waals surface area contributed by atoms with Gasteiger partial charge in [0.2, 0.25) is 0 Å².